The second-order valence-corrected chi connectivity index (χ2v) is 5.50. The number of imidazole rings is 1. The molecule has 1 fully saturated rings. The summed E-state index contributed by atoms with van der Waals surface area (Å²) in [6.07, 6.45) is 1.26. The highest BCUT2D eigenvalue weighted by atomic mass is 79.9. The first-order valence-electron chi connectivity index (χ1n) is 6.08. The Morgan fingerprint density at radius 3 is 3.18 bits per heavy atom. The van der Waals surface area contributed by atoms with Crippen LogP contribution in [0.25, 0.3) is 11.0 Å². The lowest BCUT2D eigenvalue weighted by Crippen LogP contribution is -2.14. The van der Waals surface area contributed by atoms with Crippen molar-refractivity contribution in [1.82, 2.24) is 14.9 Å². The van der Waals surface area contributed by atoms with Gasteiger partial charge in [-0.1, -0.05) is 12.1 Å². The summed E-state index contributed by atoms with van der Waals surface area (Å²) in [5.74, 6) is 0.725. The van der Waals surface area contributed by atoms with Crippen LogP contribution in [0.5, 0.6) is 0 Å². The zero-order valence-electron chi connectivity index (χ0n) is 9.91. The number of benzene rings is 1. The SMILES string of the molecule is Cc1cccc2nc(Br)n(CC3CCNC3)c12. The van der Waals surface area contributed by atoms with Crippen molar-refractivity contribution in [3.05, 3.63) is 28.5 Å². The Kier molecular flexibility index (Phi) is 2.92. The van der Waals surface area contributed by atoms with Crippen LogP contribution in [-0.4, -0.2) is 22.6 Å². The fraction of sp³-hybridized carbons (Fsp3) is 0.462. The van der Waals surface area contributed by atoms with Crippen molar-refractivity contribution in [2.75, 3.05) is 13.1 Å². The van der Waals surface area contributed by atoms with Crippen molar-refractivity contribution in [3.63, 3.8) is 0 Å². The largest absolute Gasteiger partial charge is 0.318 e. The molecule has 1 unspecified atom stereocenters. The molecule has 1 aromatic carbocycles. The van der Waals surface area contributed by atoms with Crippen LogP contribution in [0.4, 0.5) is 0 Å². The molecule has 0 radical (unpaired) electrons. The topological polar surface area (TPSA) is 29.9 Å². The van der Waals surface area contributed by atoms with E-state index in [0.29, 0.717) is 0 Å². The summed E-state index contributed by atoms with van der Waals surface area (Å²) in [6, 6.07) is 6.30. The van der Waals surface area contributed by atoms with Crippen LogP contribution in [0.3, 0.4) is 0 Å². The molecule has 1 aliphatic heterocycles. The average Bonchev–Trinajstić information content (AvgIpc) is 2.89. The third-order valence-electron chi connectivity index (χ3n) is 3.52. The molecule has 0 spiro atoms. The Bertz CT molecular complexity index is 541. The summed E-state index contributed by atoms with van der Waals surface area (Å²) in [5, 5.41) is 3.42. The van der Waals surface area contributed by atoms with Gasteiger partial charge in [-0.2, -0.15) is 0 Å². The minimum Gasteiger partial charge on any atom is -0.318 e. The van der Waals surface area contributed by atoms with Gasteiger partial charge in [0.15, 0.2) is 4.73 Å². The fourth-order valence-electron chi connectivity index (χ4n) is 2.63. The van der Waals surface area contributed by atoms with E-state index in [1.165, 1.54) is 17.5 Å². The molecule has 0 amide bonds. The smallest absolute Gasteiger partial charge is 0.178 e. The van der Waals surface area contributed by atoms with E-state index in [1.807, 2.05) is 0 Å². The number of halogens is 1. The van der Waals surface area contributed by atoms with E-state index >= 15 is 0 Å². The number of aryl methyl sites for hydroxylation is 1. The summed E-state index contributed by atoms with van der Waals surface area (Å²) >= 11 is 3.58. The molecule has 3 rings (SSSR count). The van der Waals surface area contributed by atoms with Crippen LogP contribution in [0.15, 0.2) is 22.9 Å². The van der Waals surface area contributed by atoms with Crippen LogP contribution in [0.1, 0.15) is 12.0 Å². The molecule has 1 aromatic heterocycles. The van der Waals surface area contributed by atoms with E-state index in [1.54, 1.807) is 0 Å². The Morgan fingerprint density at radius 2 is 2.41 bits per heavy atom. The van der Waals surface area contributed by atoms with Gasteiger partial charge in [-0.25, -0.2) is 4.98 Å². The standard InChI is InChI=1S/C13H16BrN3/c1-9-3-2-4-11-12(9)17(13(14)16-11)8-10-5-6-15-7-10/h2-4,10,15H,5-8H2,1H3. The van der Waals surface area contributed by atoms with Crippen molar-refractivity contribution in [1.29, 1.82) is 0 Å². The van der Waals surface area contributed by atoms with Crippen molar-refractivity contribution in [2.24, 2.45) is 5.92 Å². The van der Waals surface area contributed by atoms with E-state index < -0.39 is 0 Å². The number of hydrogen-bond donors (Lipinski definition) is 1. The molecule has 0 aliphatic carbocycles. The highest BCUT2D eigenvalue weighted by Crippen LogP contribution is 2.25. The predicted octanol–water partition coefficient (Wildman–Crippen LogP) is 2.72. The van der Waals surface area contributed by atoms with E-state index in [0.717, 1.165) is 35.8 Å². The molecule has 1 saturated heterocycles. The monoisotopic (exact) mass is 293 g/mol. The zero-order chi connectivity index (χ0) is 11.8. The third kappa shape index (κ3) is 2.00. The number of fused-ring (bicyclic) bond motifs is 1. The van der Waals surface area contributed by atoms with E-state index in [9.17, 15) is 0 Å². The van der Waals surface area contributed by atoms with Gasteiger partial charge in [0, 0.05) is 6.54 Å². The zero-order valence-corrected chi connectivity index (χ0v) is 11.5. The molecular formula is C13H16BrN3. The number of aromatic nitrogens is 2. The Morgan fingerprint density at radius 1 is 1.53 bits per heavy atom. The first-order valence-corrected chi connectivity index (χ1v) is 6.87. The molecule has 3 nitrogen and oxygen atoms in total. The molecule has 0 saturated carbocycles. The molecule has 2 heterocycles. The van der Waals surface area contributed by atoms with E-state index in [2.05, 4.69) is 55.9 Å². The van der Waals surface area contributed by atoms with Crippen molar-refractivity contribution >= 4 is 27.0 Å². The second-order valence-electron chi connectivity index (χ2n) is 4.79. The molecule has 4 heteroatoms. The predicted molar refractivity (Wildman–Crippen MR) is 73.1 cm³/mol. The maximum Gasteiger partial charge on any atom is 0.178 e. The molecule has 90 valence electrons. The van der Waals surface area contributed by atoms with E-state index in [4.69, 9.17) is 0 Å². The van der Waals surface area contributed by atoms with Gasteiger partial charge in [-0.3, -0.25) is 0 Å². The molecule has 0 bridgehead atoms. The van der Waals surface area contributed by atoms with Crippen molar-refractivity contribution < 1.29 is 0 Å². The summed E-state index contributed by atoms with van der Waals surface area (Å²) in [5.41, 5.74) is 3.65. The molecule has 2 aromatic rings. The highest BCUT2D eigenvalue weighted by molar-refractivity contribution is 9.10. The number of hydrogen-bond acceptors (Lipinski definition) is 2. The summed E-state index contributed by atoms with van der Waals surface area (Å²) in [7, 11) is 0. The lowest BCUT2D eigenvalue weighted by atomic mass is 10.1. The molecular weight excluding hydrogens is 278 g/mol. The fourth-order valence-corrected chi connectivity index (χ4v) is 3.15. The Hall–Kier alpha value is -0.870. The van der Waals surface area contributed by atoms with Gasteiger partial charge in [-0.15, -0.1) is 0 Å². The van der Waals surface area contributed by atoms with E-state index in [-0.39, 0.29) is 0 Å². The Labute approximate surface area is 109 Å². The molecule has 1 aliphatic rings. The van der Waals surface area contributed by atoms with Gasteiger partial charge in [0.1, 0.15) is 0 Å². The van der Waals surface area contributed by atoms with Gasteiger partial charge in [-0.05, 0) is 59.9 Å². The first-order chi connectivity index (χ1) is 8.25. The maximum atomic E-state index is 4.58. The lowest BCUT2D eigenvalue weighted by molar-refractivity contribution is 0.483. The average molecular weight is 294 g/mol. The number of nitrogens with one attached hydrogen (secondary N) is 1. The molecule has 1 N–H and O–H groups in total. The minimum atomic E-state index is 0.725. The van der Waals surface area contributed by atoms with Crippen LogP contribution >= 0.6 is 15.9 Å². The Balaban J connectivity index is 2.04. The summed E-state index contributed by atoms with van der Waals surface area (Å²) in [4.78, 5) is 4.58. The first kappa shape index (κ1) is 11.2. The van der Waals surface area contributed by atoms with Gasteiger partial charge in [0.05, 0.1) is 11.0 Å². The highest BCUT2D eigenvalue weighted by Gasteiger charge is 2.18. The molecule has 1 atom stereocenters. The quantitative estimate of drug-likeness (QED) is 0.923. The van der Waals surface area contributed by atoms with Crippen LogP contribution in [0, 0.1) is 12.8 Å². The van der Waals surface area contributed by atoms with Crippen LogP contribution < -0.4 is 5.32 Å². The molecule has 17 heavy (non-hydrogen) atoms. The summed E-state index contributed by atoms with van der Waals surface area (Å²) < 4.78 is 3.26. The number of rotatable bonds is 2. The van der Waals surface area contributed by atoms with Gasteiger partial charge in [0.2, 0.25) is 0 Å². The van der Waals surface area contributed by atoms with Gasteiger partial charge < -0.3 is 9.88 Å². The summed E-state index contributed by atoms with van der Waals surface area (Å²) in [6.45, 7) is 5.47. The van der Waals surface area contributed by atoms with Crippen LogP contribution in [0.2, 0.25) is 0 Å². The third-order valence-corrected chi connectivity index (χ3v) is 4.13. The van der Waals surface area contributed by atoms with Gasteiger partial charge in [0.25, 0.3) is 0 Å². The normalized spacial score (nSPS) is 20.2. The number of nitrogens with zero attached hydrogens (tertiary/aromatic N) is 2. The van der Waals surface area contributed by atoms with Crippen LogP contribution in [-0.2, 0) is 6.54 Å². The minimum absolute atomic E-state index is 0.725. The van der Waals surface area contributed by atoms with Crippen molar-refractivity contribution in [2.45, 2.75) is 19.9 Å². The van der Waals surface area contributed by atoms with Crippen molar-refractivity contribution in [3.8, 4) is 0 Å². The maximum absolute atomic E-state index is 4.58. The lowest BCUT2D eigenvalue weighted by Gasteiger charge is -2.12. The second kappa shape index (κ2) is 4.42. The van der Waals surface area contributed by atoms with Gasteiger partial charge >= 0.3 is 0 Å². The number of para-hydroxylation sites is 1.